The van der Waals surface area contributed by atoms with Crippen molar-refractivity contribution < 1.29 is 17.6 Å². The number of anilines is 1. The SMILES string of the molecule is Cc1ccc(S(=O)(=O)N2CCCC2C(=O)N(Cc2ccco2)c2nc3c(C)cc(C)cc3s2)cc1. The minimum Gasteiger partial charge on any atom is -0.467 e. The molecule has 9 heteroatoms. The smallest absolute Gasteiger partial charge is 0.247 e. The first-order valence-corrected chi connectivity index (χ1v) is 13.8. The Hall–Kier alpha value is -3.01. The second kappa shape index (κ2) is 9.22. The van der Waals surface area contributed by atoms with E-state index in [2.05, 4.69) is 12.1 Å². The first-order chi connectivity index (χ1) is 16.7. The van der Waals surface area contributed by atoms with Crippen molar-refractivity contribution in [1.82, 2.24) is 9.29 Å². The van der Waals surface area contributed by atoms with Gasteiger partial charge in [0, 0.05) is 6.54 Å². The van der Waals surface area contributed by atoms with Crippen molar-refractivity contribution in [2.75, 3.05) is 11.4 Å². The first kappa shape index (κ1) is 23.7. The van der Waals surface area contributed by atoms with Crippen LogP contribution in [0.3, 0.4) is 0 Å². The van der Waals surface area contributed by atoms with E-state index in [1.54, 1.807) is 47.6 Å². The van der Waals surface area contributed by atoms with Crippen molar-refractivity contribution in [2.24, 2.45) is 0 Å². The topological polar surface area (TPSA) is 83.7 Å². The molecule has 2 aromatic heterocycles. The Labute approximate surface area is 209 Å². The summed E-state index contributed by atoms with van der Waals surface area (Å²) in [5, 5.41) is 0.537. The van der Waals surface area contributed by atoms with E-state index in [0.717, 1.165) is 26.9 Å². The third-order valence-electron chi connectivity index (χ3n) is 6.33. The molecular formula is C26H27N3O4S2. The van der Waals surface area contributed by atoms with E-state index in [1.165, 1.54) is 15.6 Å². The van der Waals surface area contributed by atoms with Crippen LogP contribution in [0.25, 0.3) is 10.2 Å². The number of aromatic nitrogens is 1. The maximum absolute atomic E-state index is 14.0. The molecule has 0 saturated carbocycles. The van der Waals surface area contributed by atoms with Crippen molar-refractivity contribution in [3.05, 3.63) is 77.2 Å². The number of hydrogen-bond donors (Lipinski definition) is 0. The number of carbonyl (C=O) groups excluding carboxylic acids is 1. The molecule has 1 unspecified atom stereocenters. The molecule has 1 aliphatic rings. The van der Waals surface area contributed by atoms with Crippen molar-refractivity contribution in [2.45, 2.75) is 51.1 Å². The largest absolute Gasteiger partial charge is 0.467 e. The molecule has 0 aliphatic carbocycles. The molecule has 7 nitrogen and oxygen atoms in total. The summed E-state index contributed by atoms with van der Waals surface area (Å²) in [7, 11) is -3.82. The molecular weight excluding hydrogens is 482 g/mol. The molecule has 1 aliphatic heterocycles. The van der Waals surface area contributed by atoms with E-state index < -0.39 is 16.1 Å². The van der Waals surface area contributed by atoms with Crippen LogP contribution in [-0.4, -0.2) is 36.2 Å². The van der Waals surface area contributed by atoms with E-state index in [0.29, 0.717) is 30.3 Å². The Morgan fingerprint density at radius 2 is 1.91 bits per heavy atom. The number of aryl methyl sites for hydroxylation is 3. The molecule has 0 radical (unpaired) electrons. The van der Waals surface area contributed by atoms with Crippen LogP contribution >= 0.6 is 11.3 Å². The summed E-state index contributed by atoms with van der Waals surface area (Å²) < 4.78 is 34.8. The predicted molar refractivity (Wildman–Crippen MR) is 137 cm³/mol. The van der Waals surface area contributed by atoms with Crippen LogP contribution in [0.4, 0.5) is 5.13 Å². The average molecular weight is 510 g/mol. The standard InChI is InChI=1S/C26H27N3O4S2/c1-17-8-10-21(11-9-17)35(31,32)29-12-4-7-22(29)25(30)28(16-20-6-5-13-33-20)26-27-24-19(3)14-18(2)15-23(24)34-26/h5-6,8-11,13-15,22H,4,7,12,16H2,1-3H3. The summed E-state index contributed by atoms with van der Waals surface area (Å²) in [5.41, 5.74) is 3.99. The molecule has 182 valence electrons. The molecule has 1 saturated heterocycles. The summed E-state index contributed by atoms with van der Waals surface area (Å²) in [6.07, 6.45) is 2.64. The van der Waals surface area contributed by atoms with Crippen LogP contribution in [0.15, 0.2) is 64.1 Å². The second-order valence-corrected chi connectivity index (χ2v) is 11.9. The van der Waals surface area contributed by atoms with E-state index in [1.807, 2.05) is 20.8 Å². The van der Waals surface area contributed by atoms with Gasteiger partial charge in [0.25, 0.3) is 0 Å². The van der Waals surface area contributed by atoms with Crippen LogP contribution < -0.4 is 4.90 Å². The average Bonchev–Trinajstić information content (AvgIpc) is 3.57. The van der Waals surface area contributed by atoms with Gasteiger partial charge in [0.15, 0.2) is 5.13 Å². The summed E-state index contributed by atoms with van der Waals surface area (Å²) in [5.74, 6) is 0.319. The van der Waals surface area contributed by atoms with Gasteiger partial charge in [-0.05, 0) is 75.1 Å². The van der Waals surface area contributed by atoms with Gasteiger partial charge in [-0.25, -0.2) is 13.4 Å². The third kappa shape index (κ3) is 4.51. The number of furan rings is 1. The first-order valence-electron chi connectivity index (χ1n) is 11.5. The zero-order valence-electron chi connectivity index (χ0n) is 19.9. The maximum Gasteiger partial charge on any atom is 0.247 e. The van der Waals surface area contributed by atoms with Crippen LogP contribution in [-0.2, 0) is 21.4 Å². The second-order valence-electron chi connectivity index (χ2n) is 9.02. The van der Waals surface area contributed by atoms with Gasteiger partial charge in [0.1, 0.15) is 11.8 Å². The Balaban J connectivity index is 1.53. The third-order valence-corrected chi connectivity index (χ3v) is 9.27. The number of nitrogens with zero attached hydrogens (tertiary/aromatic N) is 3. The quantitative estimate of drug-likeness (QED) is 0.357. The minimum absolute atomic E-state index is 0.179. The fourth-order valence-electron chi connectivity index (χ4n) is 4.57. The van der Waals surface area contributed by atoms with Gasteiger partial charge < -0.3 is 4.42 Å². The fourth-order valence-corrected chi connectivity index (χ4v) is 7.37. The zero-order chi connectivity index (χ0) is 24.7. The van der Waals surface area contributed by atoms with Crippen LogP contribution in [0, 0.1) is 20.8 Å². The van der Waals surface area contributed by atoms with E-state index in [-0.39, 0.29) is 17.3 Å². The molecule has 1 fully saturated rings. The normalized spacial score (nSPS) is 16.7. The van der Waals surface area contributed by atoms with E-state index in [9.17, 15) is 13.2 Å². The summed E-state index contributed by atoms with van der Waals surface area (Å²) in [6.45, 7) is 6.43. The molecule has 0 bridgehead atoms. The van der Waals surface area contributed by atoms with Gasteiger partial charge in [-0.3, -0.25) is 9.69 Å². The van der Waals surface area contributed by atoms with E-state index in [4.69, 9.17) is 9.40 Å². The number of hydrogen-bond acceptors (Lipinski definition) is 6. The van der Waals surface area contributed by atoms with Crippen LogP contribution in [0.1, 0.15) is 35.3 Å². The number of fused-ring (bicyclic) bond motifs is 1. The molecule has 3 heterocycles. The molecule has 5 rings (SSSR count). The van der Waals surface area contributed by atoms with Gasteiger partial charge in [-0.1, -0.05) is 35.1 Å². The lowest BCUT2D eigenvalue weighted by atomic mass is 10.1. The van der Waals surface area contributed by atoms with Crippen LogP contribution in [0.5, 0.6) is 0 Å². The lowest BCUT2D eigenvalue weighted by Gasteiger charge is -2.28. The number of thiazole rings is 1. The van der Waals surface area contributed by atoms with Gasteiger partial charge in [0.2, 0.25) is 15.9 Å². The lowest BCUT2D eigenvalue weighted by Crippen LogP contribution is -2.47. The Morgan fingerprint density at radius 3 is 2.63 bits per heavy atom. The molecule has 35 heavy (non-hydrogen) atoms. The maximum atomic E-state index is 14.0. The Bertz CT molecular complexity index is 1480. The molecule has 2 aromatic carbocycles. The zero-order valence-corrected chi connectivity index (χ0v) is 21.5. The minimum atomic E-state index is -3.82. The monoisotopic (exact) mass is 509 g/mol. The van der Waals surface area contributed by atoms with Crippen molar-refractivity contribution in [3.63, 3.8) is 0 Å². The summed E-state index contributed by atoms with van der Waals surface area (Å²) >= 11 is 1.43. The highest BCUT2D eigenvalue weighted by Gasteiger charge is 2.42. The van der Waals surface area contributed by atoms with E-state index >= 15 is 0 Å². The molecule has 0 spiro atoms. The highest BCUT2D eigenvalue weighted by Crippen LogP contribution is 2.35. The Kier molecular flexibility index (Phi) is 6.25. The fraction of sp³-hybridized carbons (Fsp3) is 0.308. The van der Waals surface area contributed by atoms with Crippen molar-refractivity contribution in [3.8, 4) is 0 Å². The molecule has 1 atom stereocenters. The highest BCUT2D eigenvalue weighted by molar-refractivity contribution is 7.89. The molecule has 1 amide bonds. The molecule has 4 aromatic rings. The summed E-state index contributed by atoms with van der Waals surface area (Å²) in [4.78, 5) is 20.6. The molecule has 0 N–H and O–H groups in total. The predicted octanol–water partition coefficient (Wildman–Crippen LogP) is 5.20. The van der Waals surface area contributed by atoms with Crippen LogP contribution in [0.2, 0.25) is 0 Å². The Morgan fingerprint density at radius 1 is 1.14 bits per heavy atom. The van der Waals surface area contributed by atoms with Gasteiger partial charge in [-0.15, -0.1) is 0 Å². The number of carbonyl (C=O) groups is 1. The number of benzene rings is 2. The van der Waals surface area contributed by atoms with Crippen molar-refractivity contribution in [1.29, 1.82) is 0 Å². The highest BCUT2D eigenvalue weighted by atomic mass is 32.2. The number of sulfonamides is 1. The van der Waals surface area contributed by atoms with Gasteiger partial charge in [0.05, 0.1) is 27.9 Å². The lowest BCUT2D eigenvalue weighted by molar-refractivity contribution is -0.121. The summed E-state index contributed by atoms with van der Waals surface area (Å²) in [6, 6.07) is 13.6. The van der Waals surface area contributed by atoms with Gasteiger partial charge in [-0.2, -0.15) is 4.31 Å². The number of rotatable bonds is 6. The number of amides is 1. The van der Waals surface area contributed by atoms with Crippen molar-refractivity contribution >= 4 is 42.6 Å². The van der Waals surface area contributed by atoms with Gasteiger partial charge >= 0.3 is 0 Å².